The molecule has 0 spiro atoms. The number of carbonyl (C=O) groups excluding carboxylic acids is 1. The fraction of sp³-hybridized carbons (Fsp3) is 0.267. The molecule has 0 bridgehead atoms. The van der Waals surface area contributed by atoms with Gasteiger partial charge in [-0.25, -0.2) is 18.5 Å². The molecule has 1 heterocycles. The third kappa shape index (κ3) is 2.83. The van der Waals surface area contributed by atoms with Gasteiger partial charge in [0.05, 0.1) is 12.3 Å². The highest BCUT2D eigenvalue weighted by Gasteiger charge is 2.18. The van der Waals surface area contributed by atoms with Gasteiger partial charge in [0.15, 0.2) is 0 Å². The van der Waals surface area contributed by atoms with Crippen LogP contribution in [-0.2, 0) is 11.3 Å². The Hall–Kier alpha value is -2.70. The Kier molecular flexibility index (Phi) is 4.55. The highest BCUT2D eigenvalue weighted by atomic mass is 19.1. The number of aromatic nitrogens is 2. The molecule has 6 nitrogen and oxygen atoms in total. The number of benzene rings is 1. The van der Waals surface area contributed by atoms with Crippen molar-refractivity contribution in [2.45, 2.75) is 20.4 Å². The van der Waals surface area contributed by atoms with Crippen LogP contribution in [0.1, 0.15) is 24.2 Å². The Morgan fingerprint density at radius 1 is 1.18 bits per heavy atom. The number of hydrogen-bond acceptors (Lipinski definition) is 4. The molecule has 116 valence electrons. The van der Waals surface area contributed by atoms with E-state index in [0.717, 1.165) is 16.7 Å². The number of rotatable bonds is 4. The standard InChI is InChI=1S/C15H15FN2O4/c1-3-17-9-12(14(20)22-4-2)13(19)18(15(17)21)11-7-5-10(16)6-8-11/h5-9H,3-4H2,1-2H3. The van der Waals surface area contributed by atoms with Gasteiger partial charge in [-0.3, -0.25) is 9.36 Å². The Morgan fingerprint density at radius 2 is 1.82 bits per heavy atom. The normalized spacial score (nSPS) is 10.5. The van der Waals surface area contributed by atoms with E-state index in [9.17, 15) is 18.8 Å². The number of esters is 1. The molecule has 0 radical (unpaired) electrons. The van der Waals surface area contributed by atoms with Gasteiger partial charge in [-0.2, -0.15) is 0 Å². The predicted octanol–water partition coefficient (Wildman–Crippen LogP) is 1.33. The molecule has 2 rings (SSSR count). The third-order valence-corrected chi connectivity index (χ3v) is 3.08. The first-order valence-corrected chi connectivity index (χ1v) is 6.79. The Morgan fingerprint density at radius 3 is 2.36 bits per heavy atom. The topological polar surface area (TPSA) is 70.3 Å². The summed E-state index contributed by atoms with van der Waals surface area (Å²) in [5, 5.41) is 0. The molecule has 0 atom stereocenters. The van der Waals surface area contributed by atoms with Gasteiger partial charge in [-0.1, -0.05) is 0 Å². The average Bonchev–Trinajstić information content (AvgIpc) is 2.49. The lowest BCUT2D eigenvalue weighted by atomic mass is 10.3. The second kappa shape index (κ2) is 6.38. The van der Waals surface area contributed by atoms with Crippen molar-refractivity contribution in [2.24, 2.45) is 0 Å². The minimum atomic E-state index is -0.800. The molecule has 7 heteroatoms. The average molecular weight is 306 g/mol. The highest BCUT2D eigenvalue weighted by molar-refractivity contribution is 5.88. The van der Waals surface area contributed by atoms with Gasteiger partial charge in [0.1, 0.15) is 11.4 Å². The zero-order chi connectivity index (χ0) is 16.3. The lowest BCUT2D eigenvalue weighted by Gasteiger charge is -2.11. The SMILES string of the molecule is CCOC(=O)c1cn(CC)c(=O)n(-c2ccc(F)cc2)c1=O. The van der Waals surface area contributed by atoms with Gasteiger partial charge in [0, 0.05) is 12.7 Å². The molecule has 0 aliphatic heterocycles. The van der Waals surface area contributed by atoms with Crippen LogP contribution in [0.25, 0.3) is 5.69 Å². The number of aryl methyl sites for hydroxylation is 1. The minimum Gasteiger partial charge on any atom is -0.462 e. The summed E-state index contributed by atoms with van der Waals surface area (Å²) < 4.78 is 19.9. The fourth-order valence-corrected chi connectivity index (χ4v) is 2.00. The number of nitrogens with zero attached hydrogens (tertiary/aromatic N) is 2. The Labute approximate surface area is 125 Å². The fourth-order valence-electron chi connectivity index (χ4n) is 2.00. The van der Waals surface area contributed by atoms with E-state index in [1.807, 2.05) is 0 Å². The molecule has 0 amide bonds. The summed E-state index contributed by atoms with van der Waals surface area (Å²) in [4.78, 5) is 36.6. The van der Waals surface area contributed by atoms with E-state index in [1.165, 1.54) is 22.9 Å². The maximum absolute atomic E-state index is 13.0. The molecule has 0 unspecified atom stereocenters. The van der Waals surface area contributed by atoms with E-state index >= 15 is 0 Å². The van der Waals surface area contributed by atoms with Crippen LogP contribution in [0, 0.1) is 5.82 Å². The van der Waals surface area contributed by atoms with Crippen LogP contribution in [0.4, 0.5) is 4.39 Å². The zero-order valence-electron chi connectivity index (χ0n) is 12.2. The molecule has 1 aromatic carbocycles. The summed E-state index contributed by atoms with van der Waals surface area (Å²) >= 11 is 0. The van der Waals surface area contributed by atoms with E-state index in [-0.39, 0.29) is 24.4 Å². The Bertz CT molecular complexity index is 806. The summed E-state index contributed by atoms with van der Waals surface area (Å²) in [7, 11) is 0. The van der Waals surface area contributed by atoms with Crippen LogP contribution >= 0.6 is 0 Å². The number of carbonyl (C=O) groups is 1. The first-order valence-electron chi connectivity index (χ1n) is 6.79. The summed E-state index contributed by atoms with van der Waals surface area (Å²) in [6, 6.07) is 4.86. The molecule has 0 N–H and O–H groups in total. The monoisotopic (exact) mass is 306 g/mol. The molecular formula is C15H15FN2O4. The van der Waals surface area contributed by atoms with Crippen molar-refractivity contribution in [1.29, 1.82) is 0 Å². The quantitative estimate of drug-likeness (QED) is 0.799. The first-order chi connectivity index (χ1) is 10.5. The summed E-state index contributed by atoms with van der Waals surface area (Å²) in [5.41, 5.74) is -1.45. The van der Waals surface area contributed by atoms with Crippen LogP contribution < -0.4 is 11.2 Å². The van der Waals surface area contributed by atoms with Crippen LogP contribution in [0.3, 0.4) is 0 Å². The van der Waals surface area contributed by atoms with Crippen molar-refractivity contribution < 1.29 is 13.9 Å². The molecule has 0 aliphatic carbocycles. The maximum atomic E-state index is 13.0. The van der Waals surface area contributed by atoms with Gasteiger partial charge < -0.3 is 4.74 Å². The van der Waals surface area contributed by atoms with E-state index in [4.69, 9.17) is 4.74 Å². The lowest BCUT2D eigenvalue weighted by molar-refractivity contribution is 0.0522. The van der Waals surface area contributed by atoms with Gasteiger partial charge >= 0.3 is 11.7 Å². The maximum Gasteiger partial charge on any atom is 0.345 e. The van der Waals surface area contributed by atoms with Crippen LogP contribution in [0.2, 0.25) is 0 Å². The van der Waals surface area contributed by atoms with E-state index in [1.54, 1.807) is 13.8 Å². The van der Waals surface area contributed by atoms with Crippen molar-refractivity contribution >= 4 is 5.97 Å². The van der Waals surface area contributed by atoms with Crippen molar-refractivity contribution in [2.75, 3.05) is 6.61 Å². The number of hydrogen-bond donors (Lipinski definition) is 0. The van der Waals surface area contributed by atoms with Crippen molar-refractivity contribution in [3.8, 4) is 5.69 Å². The molecular weight excluding hydrogens is 291 g/mol. The third-order valence-electron chi connectivity index (χ3n) is 3.08. The summed E-state index contributed by atoms with van der Waals surface area (Å²) in [5.74, 6) is -1.29. The molecule has 0 saturated carbocycles. The number of halogens is 1. The van der Waals surface area contributed by atoms with Gasteiger partial charge in [-0.15, -0.1) is 0 Å². The molecule has 0 aliphatic rings. The minimum absolute atomic E-state index is 0.111. The second-order valence-electron chi connectivity index (χ2n) is 4.45. The van der Waals surface area contributed by atoms with Crippen molar-refractivity contribution in [3.63, 3.8) is 0 Å². The van der Waals surface area contributed by atoms with E-state index in [2.05, 4.69) is 0 Å². The van der Waals surface area contributed by atoms with Crippen LogP contribution in [0.15, 0.2) is 40.1 Å². The van der Waals surface area contributed by atoms with Gasteiger partial charge in [-0.05, 0) is 38.1 Å². The molecule has 1 aromatic heterocycles. The second-order valence-corrected chi connectivity index (χ2v) is 4.45. The van der Waals surface area contributed by atoms with Crippen LogP contribution in [-0.4, -0.2) is 21.7 Å². The molecule has 0 fully saturated rings. The number of ether oxygens (including phenoxy) is 1. The summed E-state index contributed by atoms with van der Waals surface area (Å²) in [6.45, 7) is 3.70. The van der Waals surface area contributed by atoms with Crippen molar-refractivity contribution in [1.82, 2.24) is 9.13 Å². The predicted molar refractivity (Wildman–Crippen MR) is 77.9 cm³/mol. The lowest BCUT2D eigenvalue weighted by Crippen LogP contribution is -2.41. The Balaban J connectivity index is 2.74. The first kappa shape index (κ1) is 15.7. The zero-order valence-corrected chi connectivity index (χ0v) is 12.2. The van der Waals surface area contributed by atoms with Crippen molar-refractivity contribution in [3.05, 3.63) is 62.7 Å². The highest BCUT2D eigenvalue weighted by Crippen LogP contribution is 2.06. The molecule has 0 saturated heterocycles. The van der Waals surface area contributed by atoms with Gasteiger partial charge in [0.25, 0.3) is 5.56 Å². The summed E-state index contributed by atoms with van der Waals surface area (Å²) in [6.07, 6.45) is 1.18. The molecule has 22 heavy (non-hydrogen) atoms. The largest absolute Gasteiger partial charge is 0.462 e. The van der Waals surface area contributed by atoms with Gasteiger partial charge in [0.2, 0.25) is 0 Å². The molecule has 2 aromatic rings. The smallest absolute Gasteiger partial charge is 0.345 e. The van der Waals surface area contributed by atoms with E-state index in [0.29, 0.717) is 0 Å². The van der Waals surface area contributed by atoms with E-state index < -0.39 is 23.0 Å². The van der Waals surface area contributed by atoms with Crippen LogP contribution in [0.5, 0.6) is 0 Å².